The van der Waals surface area contributed by atoms with Crippen molar-refractivity contribution in [1.82, 2.24) is 9.62 Å². The van der Waals surface area contributed by atoms with Crippen LogP contribution in [0.2, 0.25) is 0 Å². The molecule has 0 bridgehead atoms. The van der Waals surface area contributed by atoms with Crippen molar-refractivity contribution < 1.29 is 17.9 Å². The molecular weight excluding hydrogens is 348 g/mol. The normalized spacial score (nSPS) is 31.0. The van der Waals surface area contributed by atoms with Gasteiger partial charge in [-0.25, -0.2) is 8.42 Å². The molecule has 0 spiro atoms. The summed E-state index contributed by atoms with van der Waals surface area (Å²) in [5.41, 5.74) is 0. The van der Waals surface area contributed by atoms with E-state index in [2.05, 4.69) is 5.32 Å². The van der Waals surface area contributed by atoms with Gasteiger partial charge in [0, 0.05) is 32.0 Å². The molecule has 1 saturated carbocycles. The maximum atomic E-state index is 12.8. The molecule has 1 aromatic rings. The quantitative estimate of drug-likeness (QED) is 0.871. The summed E-state index contributed by atoms with van der Waals surface area (Å²) in [6, 6.07) is 3.49. The Balaban J connectivity index is 1.75. The number of ether oxygens (including phenoxy) is 1. The second kappa shape index (κ2) is 6.74. The number of sulfonamides is 1. The lowest BCUT2D eigenvalue weighted by Gasteiger charge is -2.37. The van der Waals surface area contributed by atoms with Crippen molar-refractivity contribution in [2.24, 2.45) is 11.8 Å². The van der Waals surface area contributed by atoms with Gasteiger partial charge in [-0.2, -0.15) is 4.31 Å². The lowest BCUT2D eigenvalue weighted by molar-refractivity contribution is -0.121. The predicted octanol–water partition coefficient (Wildman–Crippen LogP) is 1.61. The van der Waals surface area contributed by atoms with Crippen molar-refractivity contribution in [3.63, 3.8) is 0 Å². The molecule has 1 N–H and O–H groups in total. The zero-order valence-corrected chi connectivity index (χ0v) is 15.8. The van der Waals surface area contributed by atoms with Gasteiger partial charge in [-0.1, -0.05) is 0 Å². The summed E-state index contributed by atoms with van der Waals surface area (Å²) in [7, 11) is -1.77. The Bertz CT molecular complexity index is 715. The van der Waals surface area contributed by atoms with Gasteiger partial charge in [0.25, 0.3) is 10.0 Å². The minimum Gasteiger partial charge on any atom is -0.379 e. The summed E-state index contributed by atoms with van der Waals surface area (Å²) in [6.07, 6.45) is 1.49. The zero-order valence-electron chi connectivity index (χ0n) is 14.2. The van der Waals surface area contributed by atoms with E-state index in [4.69, 9.17) is 4.74 Å². The molecule has 1 amide bonds. The van der Waals surface area contributed by atoms with E-state index in [1.54, 1.807) is 17.5 Å². The van der Waals surface area contributed by atoms with E-state index in [9.17, 15) is 13.2 Å². The SMILES string of the molecule is CO[C@@H]1C[C@H]2CN(S(=O)(=O)c3ccc(C)s3)C[C@H]2C[C@H]1NC(C)=O. The van der Waals surface area contributed by atoms with Gasteiger partial charge in [0.2, 0.25) is 5.91 Å². The van der Waals surface area contributed by atoms with Crippen molar-refractivity contribution in [2.45, 2.75) is 43.0 Å². The smallest absolute Gasteiger partial charge is 0.252 e. The van der Waals surface area contributed by atoms with Crippen LogP contribution in [-0.4, -0.2) is 51.0 Å². The number of rotatable bonds is 4. The number of methoxy groups -OCH3 is 1. The number of nitrogens with one attached hydrogen (secondary N) is 1. The van der Waals surface area contributed by atoms with Gasteiger partial charge in [-0.05, 0) is 43.7 Å². The molecule has 1 aliphatic carbocycles. The van der Waals surface area contributed by atoms with E-state index in [1.165, 1.54) is 18.3 Å². The Morgan fingerprint density at radius 2 is 1.96 bits per heavy atom. The van der Waals surface area contributed by atoms with E-state index in [0.29, 0.717) is 17.3 Å². The van der Waals surface area contributed by atoms with Crippen LogP contribution in [0.1, 0.15) is 24.6 Å². The third-order valence-corrected chi connectivity index (χ3v) is 8.38. The third-order valence-electron chi connectivity index (χ3n) is 5.08. The van der Waals surface area contributed by atoms with Crippen LogP contribution in [0.15, 0.2) is 16.3 Å². The highest BCUT2D eigenvalue weighted by Gasteiger charge is 2.46. The summed E-state index contributed by atoms with van der Waals surface area (Å²) in [5, 5.41) is 2.95. The first-order valence-corrected chi connectivity index (χ1v) is 10.4. The molecule has 3 rings (SSSR count). The van der Waals surface area contributed by atoms with E-state index in [1.807, 2.05) is 13.0 Å². The fourth-order valence-electron chi connectivity index (χ4n) is 3.92. The van der Waals surface area contributed by atoms with Crippen LogP contribution >= 0.6 is 11.3 Å². The van der Waals surface area contributed by atoms with Gasteiger partial charge in [-0.3, -0.25) is 4.79 Å². The number of thiophene rings is 1. The van der Waals surface area contributed by atoms with Crippen molar-refractivity contribution in [3.8, 4) is 0 Å². The van der Waals surface area contributed by atoms with Crippen LogP contribution in [0.5, 0.6) is 0 Å². The Labute approximate surface area is 147 Å². The van der Waals surface area contributed by atoms with E-state index < -0.39 is 10.0 Å². The van der Waals surface area contributed by atoms with Crippen LogP contribution in [0, 0.1) is 18.8 Å². The molecule has 0 radical (unpaired) electrons. The average molecular weight is 373 g/mol. The molecule has 2 aliphatic rings. The van der Waals surface area contributed by atoms with Crippen molar-refractivity contribution in [1.29, 1.82) is 0 Å². The van der Waals surface area contributed by atoms with Gasteiger partial charge in [0.15, 0.2) is 0 Å². The molecule has 0 unspecified atom stereocenters. The molecule has 0 aromatic carbocycles. The molecule has 1 aromatic heterocycles. The minimum absolute atomic E-state index is 0.0413. The van der Waals surface area contributed by atoms with Crippen LogP contribution in [-0.2, 0) is 19.6 Å². The Hall–Kier alpha value is -0.960. The number of carbonyl (C=O) groups excluding carboxylic acids is 1. The molecule has 134 valence electrons. The number of hydrogen-bond donors (Lipinski definition) is 1. The van der Waals surface area contributed by atoms with Crippen molar-refractivity contribution in [3.05, 3.63) is 17.0 Å². The largest absolute Gasteiger partial charge is 0.379 e. The fraction of sp³-hybridized carbons (Fsp3) is 0.688. The molecule has 1 saturated heterocycles. The van der Waals surface area contributed by atoms with Crippen LogP contribution < -0.4 is 5.32 Å². The number of aryl methyl sites for hydroxylation is 1. The molecular formula is C16H24N2O4S2. The summed E-state index contributed by atoms with van der Waals surface area (Å²) in [4.78, 5) is 12.4. The summed E-state index contributed by atoms with van der Waals surface area (Å²) in [5.74, 6) is 0.483. The van der Waals surface area contributed by atoms with E-state index in [0.717, 1.165) is 17.7 Å². The van der Waals surface area contributed by atoms with Gasteiger partial charge in [0.1, 0.15) is 4.21 Å². The molecule has 8 heteroatoms. The zero-order chi connectivity index (χ0) is 17.5. The highest BCUT2D eigenvalue weighted by Crippen LogP contribution is 2.40. The van der Waals surface area contributed by atoms with Crippen LogP contribution in [0.25, 0.3) is 0 Å². The van der Waals surface area contributed by atoms with Crippen molar-refractivity contribution in [2.75, 3.05) is 20.2 Å². The Kier molecular flexibility index (Phi) is 5.01. The highest BCUT2D eigenvalue weighted by molar-refractivity contribution is 7.91. The van der Waals surface area contributed by atoms with Gasteiger partial charge in [-0.15, -0.1) is 11.3 Å². The molecule has 2 heterocycles. The number of hydrogen-bond acceptors (Lipinski definition) is 5. The first-order chi connectivity index (χ1) is 11.3. The number of amides is 1. The maximum absolute atomic E-state index is 12.8. The lowest BCUT2D eigenvalue weighted by Crippen LogP contribution is -2.49. The van der Waals surface area contributed by atoms with Gasteiger partial charge in [0.05, 0.1) is 12.1 Å². The number of carbonyl (C=O) groups is 1. The average Bonchev–Trinajstić information content (AvgIpc) is 3.12. The molecule has 4 atom stereocenters. The Morgan fingerprint density at radius 3 is 2.50 bits per heavy atom. The number of fused-ring (bicyclic) bond motifs is 1. The monoisotopic (exact) mass is 372 g/mol. The van der Waals surface area contributed by atoms with Crippen LogP contribution in [0.3, 0.4) is 0 Å². The fourth-order valence-corrected chi connectivity index (χ4v) is 6.91. The second-order valence-corrected chi connectivity index (χ2v) is 10.2. The second-order valence-electron chi connectivity index (χ2n) is 6.76. The molecule has 1 aliphatic heterocycles. The maximum Gasteiger partial charge on any atom is 0.252 e. The molecule has 2 fully saturated rings. The summed E-state index contributed by atoms with van der Waals surface area (Å²) >= 11 is 1.32. The van der Waals surface area contributed by atoms with Crippen LogP contribution in [0.4, 0.5) is 0 Å². The predicted molar refractivity (Wildman–Crippen MR) is 92.4 cm³/mol. The first-order valence-electron chi connectivity index (χ1n) is 8.17. The standard InChI is InChI=1S/C16H24N2O4S2/c1-10-4-5-16(23-10)24(20,21)18-8-12-6-14(17-11(2)19)15(22-3)7-13(12)9-18/h4-5,12-15H,6-9H2,1-3H3,(H,17,19)/t12-,13+,14-,15-/m1/s1. The third kappa shape index (κ3) is 3.37. The first kappa shape index (κ1) is 17.8. The Morgan fingerprint density at radius 1 is 1.29 bits per heavy atom. The summed E-state index contributed by atoms with van der Waals surface area (Å²) in [6.45, 7) is 4.48. The topological polar surface area (TPSA) is 75.7 Å². The van der Waals surface area contributed by atoms with E-state index in [-0.39, 0.29) is 29.9 Å². The number of nitrogens with zero attached hydrogens (tertiary/aromatic N) is 1. The van der Waals surface area contributed by atoms with Crippen molar-refractivity contribution >= 4 is 27.3 Å². The highest BCUT2D eigenvalue weighted by atomic mass is 32.2. The van der Waals surface area contributed by atoms with Gasteiger partial charge < -0.3 is 10.1 Å². The molecule has 24 heavy (non-hydrogen) atoms. The van der Waals surface area contributed by atoms with Gasteiger partial charge >= 0.3 is 0 Å². The lowest BCUT2D eigenvalue weighted by atomic mass is 9.77. The minimum atomic E-state index is -3.42. The molecule has 6 nitrogen and oxygen atoms in total. The summed E-state index contributed by atoms with van der Waals surface area (Å²) < 4.78 is 33.2. The van der Waals surface area contributed by atoms with E-state index >= 15 is 0 Å².